The third kappa shape index (κ3) is 7.37. The van der Waals surface area contributed by atoms with Crippen LogP contribution in [0.25, 0.3) is 33.5 Å². The fraction of sp³-hybridized carbons (Fsp3) is 0. The molecule has 9 aromatic carbocycles. The van der Waals surface area contributed by atoms with Gasteiger partial charge in [0.25, 0.3) is 0 Å². The van der Waals surface area contributed by atoms with Gasteiger partial charge in [0.1, 0.15) is 0 Å². The van der Waals surface area contributed by atoms with Gasteiger partial charge in [0, 0.05) is 34.1 Å². The van der Waals surface area contributed by atoms with E-state index >= 15 is 0 Å². The standard InChI is InChI=1S/C54H40N2/c1-6-17-42(18-7-1)43-19-16-20-46(38-43)54(37-41-29-34-52(35-30-41)55(48-21-8-2-9-22-48)49-23-10-3-11-24-49)47-32-31-45-40-53(36-33-44(45)39-47)56(50-25-12-4-13-26-50)51-27-14-5-15-28-51/h1-40H/b54-37+. The van der Waals surface area contributed by atoms with Gasteiger partial charge in [-0.3, -0.25) is 0 Å². The van der Waals surface area contributed by atoms with E-state index in [0.29, 0.717) is 0 Å². The molecule has 9 rings (SSSR count). The average Bonchev–Trinajstić information content (AvgIpc) is 3.28. The zero-order valence-corrected chi connectivity index (χ0v) is 31.0. The van der Waals surface area contributed by atoms with Gasteiger partial charge < -0.3 is 9.80 Å². The molecule has 2 nitrogen and oxygen atoms in total. The van der Waals surface area contributed by atoms with Crippen LogP contribution in [0.15, 0.2) is 237 Å². The van der Waals surface area contributed by atoms with Crippen molar-refractivity contribution in [3.05, 3.63) is 253 Å². The lowest BCUT2D eigenvalue weighted by atomic mass is 9.91. The quantitative estimate of drug-likeness (QED) is 0.130. The molecule has 0 spiro atoms. The number of nitrogens with zero attached hydrogens (tertiary/aromatic N) is 2. The van der Waals surface area contributed by atoms with E-state index < -0.39 is 0 Å². The van der Waals surface area contributed by atoms with Gasteiger partial charge in [0.05, 0.1) is 0 Å². The normalized spacial score (nSPS) is 11.3. The molecule has 0 amide bonds. The smallest absolute Gasteiger partial charge is 0.0468 e. The number of hydrogen-bond acceptors (Lipinski definition) is 2. The maximum atomic E-state index is 2.33. The minimum Gasteiger partial charge on any atom is -0.311 e. The first-order chi connectivity index (χ1) is 27.8. The summed E-state index contributed by atoms with van der Waals surface area (Å²) in [6, 6.07) is 84.3. The molecule has 9 aromatic rings. The highest BCUT2D eigenvalue weighted by atomic mass is 15.1. The highest BCUT2D eigenvalue weighted by Crippen LogP contribution is 2.38. The van der Waals surface area contributed by atoms with Gasteiger partial charge in [0.15, 0.2) is 0 Å². The van der Waals surface area contributed by atoms with E-state index in [-0.39, 0.29) is 0 Å². The summed E-state index contributed by atoms with van der Waals surface area (Å²) in [5.41, 5.74) is 13.7. The minimum atomic E-state index is 1.11. The molecule has 0 atom stereocenters. The SMILES string of the molecule is C(=C(/c1cccc(-c2ccccc2)c1)c1ccc2cc(N(c3ccccc3)c3ccccc3)ccc2c1)/c1ccc(N(c2ccccc2)c2ccccc2)cc1. The number of benzene rings is 9. The van der Waals surface area contributed by atoms with E-state index in [1.807, 2.05) is 0 Å². The molecular weight excluding hydrogens is 677 g/mol. The molecule has 0 aliphatic heterocycles. The molecule has 0 aliphatic carbocycles. The molecule has 56 heavy (non-hydrogen) atoms. The van der Waals surface area contributed by atoms with E-state index in [2.05, 4.69) is 252 Å². The topological polar surface area (TPSA) is 6.48 Å². The Morgan fingerprint density at radius 2 is 0.696 bits per heavy atom. The van der Waals surface area contributed by atoms with Gasteiger partial charge in [-0.25, -0.2) is 0 Å². The number of rotatable bonds is 10. The third-order valence-electron chi connectivity index (χ3n) is 10.2. The molecule has 0 saturated carbocycles. The van der Waals surface area contributed by atoms with Crippen LogP contribution >= 0.6 is 0 Å². The Morgan fingerprint density at radius 1 is 0.286 bits per heavy atom. The van der Waals surface area contributed by atoms with E-state index in [0.717, 1.165) is 45.3 Å². The average molecular weight is 717 g/mol. The van der Waals surface area contributed by atoms with Crippen LogP contribution in [0.1, 0.15) is 16.7 Å². The van der Waals surface area contributed by atoms with Crippen molar-refractivity contribution in [2.45, 2.75) is 0 Å². The predicted molar refractivity (Wildman–Crippen MR) is 239 cm³/mol. The van der Waals surface area contributed by atoms with E-state index in [4.69, 9.17) is 0 Å². The van der Waals surface area contributed by atoms with Crippen LogP contribution in [0.2, 0.25) is 0 Å². The number of para-hydroxylation sites is 4. The molecule has 0 aromatic heterocycles. The zero-order valence-electron chi connectivity index (χ0n) is 31.0. The third-order valence-corrected chi connectivity index (χ3v) is 10.2. The van der Waals surface area contributed by atoms with Crippen LogP contribution < -0.4 is 9.80 Å². The Balaban J connectivity index is 1.13. The summed E-state index contributed by atoms with van der Waals surface area (Å²) in [6.45, 7) is 0. The molecule has 0 radical (unpaired) electrons. The molecule has 2 heteroatoms. The van der Waals surface area contributed by atoms with Crippen LogP contribution in [-0.2, 0) is 0 Å². The maximum Gasteiger partial charge on any atom is 0.0468 e. The fourth-order valence-electron chi connectivity index (χ4n) is 7.46. The lowest BCUT2D eigenvalue weighted by Crippen LogP contribution is -2.09. The molecule has 0 N–H and O–H groups in total. The molecule has 0 bridgehead atoms. The highest BCUT2D eigenvalue weighted by molar-refractivity contribution is 5.97. The Hall–Kier alpha value is -7.42. The number of anilines is 6. The Labute approximate surface area is 329 Å². The van der Waals surface area contributed by atoms with E-state index in [1.165, 1.54) is 33.0 Å². The van der Waals surface area contributed by atoms with Crippen LogP contribution in [0.5, 0.6) is 0 Å². The van der Waals surface area contributed by atoms with Crippen molar-refractivity contribution in [1.29, 1.82) is 0 Å². The Bertz CT molecular complexity index is 2630. The first kappa shape index (κ1) is 34.4. The summed E-state index contributed by atoms with van der Waals surface area (Å²) in [7, 11) is 0. The van der Waals surface area contributed by atoms with Crippen LogP contribution in [0, 0.1) is 0 Å². The van der Waals surface area contributed by atoms with Crippen LogP contribution in [-0.4, -0.2) is 0 Å². The predicted octanol–water partition coefficient (Wildman–Crippen LogP) is 15.0. The second-order valence-electron chi connectivity index (χ2n) is 13.9. The summed E-state index contributed by atoms with van der Waals surface area (Å²) in [5, 5.41) is 2.38. The zero-order chi connectivity index (χ0) is 37.5. The highest BCUT2D eigenvalue weighted by Gasteiger charge is 2.15. The second-order valence-corrected chi connectivity index (χ2v) is 13.9. The largest absolute Gasteiger partial charge is 0.311 e. The van der Waals surface area contributed by atoms with E-state index in [9.17, 15) is 0 Å². The van der Waals surface area contributed by atoms with Gasteiger partial charge in [0.2, 0.25) is 0 Å². The lowest BCUT2D eigenvalue weighted by molar-refractivity contribution is 1.28. The van der Waals surface area contributed by atoms with Crippen LogP contribution in [0.3, 0.4) is 0 Å². The summed E-state index contributed by atoms with van der Waals surface area (Å²) in [6.07, 6.45) is 2.32. The fourth-order valence-corrected chi connectivity index (χ4v) is 7.46. The maximum absolute atomic E-state index is 2.33. The van der Waals surface area contributed by atoms with Gasteiger partial charge in [-0.1, -0.05) is 152 Å². The summed E-state index contributed by atoms with van der Waals surface area (Å²) >= 11 is 0. The Morgan fingerprint density at radius 3 is 1.25 bits per heavy atom. The van der Waals surface area contributed by atoms with Gasteiger partial charge in [-0.05, 0) is 135 Å². The monoisotopic (exact) mass is 716 g/mol. The van der Waals surface area contributed by atoms with Crippen molar-refractivity contribution in [2.24, 2.45) is 0 Å². The molecule has 0 unspecified atom stereocenters. The first-order valence-electron chi connectivity index (χ1n) is 19.1. The number of hydrogen-bond donors (Lipinski definition) is 0. The van der Waals surface area contributed by atoms with Gasteiger partial charge in [-0.2, -0.15) is 0 Å². The van der Waals surface area contributed by atoms with Crippen molar-refractivity contribution in [3.8, 4) is 11.1 Å². The van der Waals surface area contributed by atoms with Gasteiger partial charge in [-0.15, -0.1) is 0 Å². The molecule has 0 heterocycles. The van der Waals surface area contributed by atoms with E-state index in [1.54, 1.807) is 0 Å². The summed E-state index contributed by atoms with van der Waals surface area (Å²) in [5.74, 6) is 0. The molecular formula is C54H40N2. The Kier molecular flexibility index (Phi) is 9.75. The van der Waals surface area contributed by atoms with Crippen molar-refractivity contribution in [1.82, 2.24) is 0 Å². The minimum absolute atomic E-state index is 1.11. The number of fused-ring (bicyclic) bond motifs is 1. The molecule has 0 fully saturated rings. The lowest BCUT2D eigenvalue weighted by Gasteiger charge is -2.25. The summed E-state index contributed by atoms with van der Waals surface area (Å²) < 4.78 is 0. The summed E-state index contributed by atoms with van der Waals surface area (Å²) in [4.78, 5) is 4.61. The first-order valence-corrected chi connectivity index (χ1v) is 19.1. The molecule has 0 aliphatic rings. The van der Waals surface area contributed by atoms with Crippen molar-refractivity contribution in [2.75, 3.05) is 9.80 Å². The van der Waals surface area contributed by atoms with Crippen molar-refractivity contribution in [3.63, 3.8) is 0 Å². The van der Waals surface area contributed by atoms with Crippen molar-refractivity contribution >= 4 is 56.5 Å². The molecule has 266 valence electrons. The van der Waals surface area contributed by atoms with Crippen LogP contribution in [0.4, 0.5) is 34.1 Å². The van der Waals surface area contributed by atoms with Gasteiger partial charge >= 0.3 is 0 Å². The second kappa shape index (κ2) is 15.9. The molecule has 0 saturated heterocycles. The van der Waals surface area contributed by atoms with Crippen molar-refractivity contribution < 1.29 is 0 Å².